The van der Waals surface area contributed by atoms with Crippen LogP contribution in [0.5, 0.6) is 0 Å². The van der Waals surface area contributed by atoms with Crippen LogP contribution in [0.1, 0.15) is 24.4 Å². The summed E-state index contributed by atoms with van der Waals surface area (Å²) in [4.78, 5) is 13.7. The third-order valence-electron chi connectivity index (χ3n) is 3.50. The van der Waals surface area contributed by atoms with Crippen LogP contribution >= 0.6 is 11.8 Å². The van der Waals surface area contributed by atoms with Gasteiger partial charge in [0.2, 0.25) is 11.1 Å². The molecule has 1 heterocycles. The Hall–Kier alpha value is -2.23. The maximum Gasteiger partial charge on any atom is 0.453 e. The summed E-state index contributed by atoms with van der Waals surface area (Å²) in [6, 6.07) is 9.24. The second-order valence-corrected chi connectivity index (χ2v) is 6.00. The molecule has 0 saturated carbocycles. The third-order valence-corrected chi connectivity index (χ3v) is 4.43. The van der Waals surface area contributed by atoms with E-state index in [1.54, 1.807) is 7.05 Å². The Bertz CT molecular complexity index is 704. The number of hydrogen-bond donors (Lipinski definition) is 1. The highest BCUT2D eigenvalue weighted by atomic mass is 32.2. The van der Waals surface area contributed by atoms with Crippen molar-refractivity contribution in [2.24, 2.45) is 0 Å². The number of benzene rings is 1. The van der Waals surface area contributed by atoms with E-state index in [0.717, 1.165) is 17.3 Å². The SMILES string of the molecule is CC(c1ccccc1)N(C)C(=O)CSc1nnc(C(F)(F)F)n1N. The summed E-state index contributed by atoms with van der Waals surface area (Å²) in [5.74, 6) is 3.67. The lowest BCUT2D eigenvalue weighted by molar-refractivity contribution is -0.146. The predicted molar refractivity (Wildman–Crippen MR) is 83.5 cm³/mol. The van der Waals surface area contributed by atoms with Crippen LogP contribution in [0.4, 0.5) is 13.2 Å². The summed E-state index contributed by atoms with van der Waals surface area (Å²) in [6.07, 6.45) is -4.69. The van der Waals surface area contributed by atoms with Crippen molar-refractivity contribution in [1.29, 1.82) is 0 Å². The van der Waals surface area contributed by atoms with E-state index in [1.165, 1.54) is 4.90 Å². The molecule has 1 unspecified atom stereocenters. The molecule has 10 heteroatoms. The van der Waals surface area contributed by atoms with Crippen LogP contribution in [0.15, 0.2) is 35.5 Å². The average molecular weight is 359 g/mol. The fourth-order valence-corrected chi connectivity index (χ4v) is 2.75. The summed E-state index contributed by atoms with van der Waals surface area (Å²) >= 11 is 0.806. The molecule has 0 bridgehead atoms. The second-order valence-electron chi connectivity index (χ2n) is 5.05. The Balaban J connectivity index is 1.99. The molecule has 0 radical (unpaired) electrons. The molecular weight excluding hydrogens is 343 g/mol. The quantitative estimate of drug-likeness (QED) is 0.655. The lowest BCUT2D eigenvalue weighted by Crippen LogP contribution is -2.31. The highest BCUT2D eigenvalue weighted by Gasteiger charge is 2.38. The summed E-state index contributed by atoms with van der Waals surface area (Å²) in [7, 11) is 1.63. The number of hydrogen-bond acceptors (Lipinski definition) is 5. The fourth-order valence-electron chi connectivity index (χ4n) is 1.97. The van der Waals surface area contributed by atoms with Gasteiger partial charge in [-0.1, -0.05) is 42.1 Å². The number of thioether (sulfide) groups is 1. The van der Waals surface area contributed by atoms with E-state index >= 15 is 0 Å². The van der Waals surface area contributed by atoms with Gasteiger partial charge in [0, 0.05) is 7.05 Å². The van der Waals surface area contributed by atoms with Crippen molar-refractivity contribution in [2.75, 3.05) is 18.6 Å². The van der Waals surface area contributed by atoms with E-state index in [-0.39, 0.29) is 22.9 Å². The van der Waals surface area contributed by atoms with E-state index in [9.17, 15) is 18.0 Å². The number of carbonyl (C=O) groups is 1. The largest absolute Gasteiger partial charge is 0.453 e. The number of nitrogens with zero attached hydrogens (tertiary/aromatic N) is 4. The summed E-state index contributed by atoms with van der Waals surface area (Å²) in [5.41, 5.74) is 0.958. The number of halogens is 3. The molecule has 1 aromatic carbocycles. The van der Waals surface area contributed by atoms with Crippen LogP contribution in [0.3, 0.4) is 0 Å². The van der Waals surface area contributed by atoms with Crippen molar-refractivity contribution >= 4 is 17.7 Å². The molecule has 0 aliphatic rings. The zero-order valence-electron chi connectivity index (χ0n) is 13.0. The number of rotatable bonds is 5. The zero-order valence-corrected chi connectivity index (χ0v) is 13.8. The Labute approximate surface area is 140 Å². The van der Waals surface area contributed by atoms with E-state index in [2.05, 4.69) is 10.2 Å². The average Bonchev–Trinajstić information content (AvgIpc) is 2.93. The van der Waals surface area contributed by atoms with Crippen LogP contribution in [0.2, 0.25) is 0 Å². The topological polar surface area (TPSA) is 77.0 Å². The monoisotopic (exact) mass is 359 g/mol. The van der Waals surface area contributed by atoms with Crippen molar-refractivity contribution in [2.45, 2.75) is 24.3 Å². The lowest BCUT2D eigenvalue weighted by Gasteiger charge is -2.25. The first-order chi connectivity index (χ1) is 11.2. The van der Waals surface area contributed by atoms with Gasteiger partial charge < -0.3 is 10.7 Å². The summed E-state index contributed by atoms with van der Waals surface area (Å²) in [6.45, 7) is 1.87. The van der Waals surface area contributed by atoms with Crippen LogP contribution < -0.4 is 5.84 Å². The molecule has 1 aromatic heterocycles. The molecule has 1 atom stereocenters. The molecule has 24 heavy (non-hydrogen) atoms. The standard InChI is InChI=1S/C14H16F3N5OS/c1-9(10-6-4-3-5-7-10)21(2)11(23)8-24-13-20-19-12(22(13)18)14(15,16)17/h3-7,9H,8,18H2,1-2H3. The van der Waals surface area contributed by atoms with E-state index in [4.69, 9.17) is 5.84 Å². The van der Waals surface area contributed by atoms with Crippen molar-refractivity contribution in [3.05, 3.63) is 41.7 Å². The highest BCUT2D eigenvalue weighted by molar-refractivity contribution is 7.99. The number of amides is 1. The molecule has 2 rings (SSSR count). The molecule has 0 saturated heterocycles. The van der Waals surface area contributed by atoms with Gasteiger partial charge in [-0.15, -0.1) is 10.2 Å². The van der Waals surface area contributed by atoms with Gasteiger partial charge in [-0.2, -0.15) is 13.2 Å². The minimum Gasteiger partial charge on any atom is -0.338 e. The minimum atomic E-state index is -4.69. The van der Waals surface area contributed by atoms with Gasteiger partial charge in [0.1, 0.15) is 0 Å². The Morgan fingerprint density at radius 1 is 1.33 bits per heavy atom. The first kappa shape index (κ1) is 18.1. The van der Waals surface area contributed by atoms with Crippen LogP contribution in [-0.2, 0) is 11.0 Å². The first-order valence-electron chi connectivity index (χ1n) is 6.93. The number of carbonyl (C=O) groups excluding carboxylic acids is 1. The lowest BCUT2D eigenvalue weighted by atomic mass is 10.1. The second kappa shape index (κ2) is 7.12. The molecular formula is C14H16F3N5OS. The van der Waals surface area contributed by atoms with Crippen molar-refractivity contribution in [3.8, 4) is 0 Å². The van der Waals surface area contributed by atoms with E-state index in [1.807, 2.05) is 37.3 Å². The molecule has 1 amide bonds. The van der Waals surface area contributed by atoms with Gasteiger partial charge in [-0.3, -0.25) is 4.79 Å². The first-order valence-corrected chi connectivity index (χ1v) is 7.91. The molecule has 130 valence electrons. The molecule has 0 aliphatic heterocycles. The van der Waals surface area contributed by atoms with Crippen LogP contribution in [-0.4, -0.2) is 38.5 Å². The predicted octanol–water partition coefficient (Wildman–Crippen LogP) is 2.32. The smallest absolute Gasteiger partial charge is 0.338 e. The van der Waals surface area contributed by atoms with Gasteiger partial charge in [0.15, 0.2) is 0 Å². The Kier molecular flexibility index (Phi) is 5.37. The van der Waals surface area contributed by atoms with Gasteiger partial charge in [0.25, 0.3) is 5.82 Å². The maximum atomic E-state index is 12.6. The van der Waals surface area contributed by atoms with Gasteiger partial charge in [-0.25, -0.2) is 4.68 Å². The van der Waals surface area contributed by atoms with Gasteiger partial charge in [0.05, 0.1) is 11.8 Å². The van der Waals surface area contributed by atoms with E-state index < -0.39 is 12.0 Å². The molecule has 0 aliphatic carbocycles. The Morgan fingerprint density at radius 3 is 2.50 bits per heavy atom. The highest BCUT2D eigenvalue weighted by Crippen LogP contribution is 2.29. The zero-order chi connectivity index (χ0) is 17.9. The number of aromatic nitrogens is 3. The summed E-state index contributed by atoms with van der Waals surface area (Å²) < 4.78 is 38.1. The van der Waals surface area contributed by atoms with Crippen molar-refractivity contribution in [1.82, 2.24) is 19.8 Å². The number of nitrogens with two attached hydrogens (primary N) is 1. The van der Waals surface area contributed by atoms with Crippen LogP contribution in [0, 0.1) is 0 Å². The van der Waals surface area contributed by atoms with Crippen molar-refractivity contribution in [3.63, 3.8) is 0 Å². The van der Waals surface area contributed by atoms with E-state index in [0.29, 0.717) is 4.68 Å². The Morgan fingerprint density at radius 2 is 1.96 bits per heavy atom. The normalized spacial score (nSPS) is 12.9. The molecule has 0 fully saturated rings. The van der Waals surface area contributed by atoms with Gasteiger partial charge in [-0.05, 0) is 12.5 Å². The molecule has 2 aromatic rings. The van der Waals surface area contributed by atoms with Crippen LogP contribution in [0.25, 0.3) is 0 Å². The minimum absolute atomic E-state index is 0.0964. The van der Waals surface area contributed by atoms with Gasteiger partial charge >= 0.3 is 6.18 Å². The summed E-state index contributed by atoms with van der Waals surface area (Å²) in [5, 5.41) is 6.22. The maximum absolute atomic E-state index is 12.6. The molecule has 2 N–H and O–H groups in total. The van der Waals surface area contributed by atoms with Crippen molar-refractivity contribution < 1.29 is 18.0 Å². The fraction of sp³-hybridized carbons (Fsp3) is 0.357. The number of alkyl halides is 3. The molecule has 6 nitrogen and oxygen atoms in total. The molecule has 0 spiro atoms. The number of nitrogen functional groups attached to an aromatic ring is 1. The third kappa shape index (κ3) is 3.99.